The Balaban J connectivity index is 2.35. The lowest BCUT2D eigenvalue weighted by Crippen LogP contribution is -2.40. The lowest BCUT2D eigenvalue weighted by Gasteiger charge is -2.16. The van der Waals surface area contributed by atoms with E-state index in [0.717, 1.165) is 12.8 Å². The molecule has 3 heteroatoms. The van der Waals surface area contributed by atoms with Gasteiger partial charge in [-0.05, 0) is 39.2 Å². The Bertz CT molecular complexity index is 359. The highest BCUT2D eigenvalue weighted by Gasteiger charge is 2.13. The molecular formula is C14H21NO2. The molecule has 17 heavy (non-hydrogen) atoms. The SMILES string of the molecule is Cc1ccc(CCC(C)NC(C)C(=O)O)cc1. The van der Waals surface area contributed by atoms with Crippen LogP contribution in [0.25, 0.3) is 0 Å². The molecule has 0 aliphatic heterocycles. The Kier molecular flexibility index (Phi) is 5.16. The minimum Gasteiger partial charge on any atom is -0.480 e. The highest BCUT2D eigenvalue weighted by Crippen LogP contribution is 2.07. The summed E-state index contributed by atoms with van der Waals surface area (Å²) >= 11 is 0. The largest absolute Gasteiger partial charge is 0.480 e. The second-order valence-corrected chi connectivity index (χ2v) is 4.65. The summed E-state index contributed by atoms with van der Waals surface area (Å²) in [7, 11) is 0. The van der Waals surface area contributed by atoms with Crippen molar-refractivity contribution in [3.05, 3.63) is 35.4 Å². The van der Waals surface area contributed by atoms with Crippen molar-refractivity contribution >= 4 is 5.97 Å². The molecule has 1 rings (SSSR count). The van der Waals surface area contributed by atoms with Gasteiger partial charge in [-0.3, -0.25) is 4.79 Å². The fourth-order valence-electron chi connectivity index (χ4n) is 1.72. The molecule has 0 radical (unpaired) electrons. The fourth-order valence-corrected chi connectivity index (χ4v) is 1.72. The Morgan fingerprint density at radius 1 is 1.29 bits per heavy atom. The molecule has 0 aromatic heterocycles. The third kappa shape index (κ3) is 5.00. The number of carbonyl (C=O) groups is 1. The molecule has 0 saturated heterocycles. The van der Waals surface area contributed by atoms with Gasteiger partial charge in [0.15, 0.2) is 0 Å². The van der Waals surface area contributed by atoms with Gasteiger partial charge in [-0.2, -0.15) is 0 Å². The zero-order valence-corrected chi connectivity index (χ0v) is 10.7. The van der Waals surface area contributed by atoms with Crippen LogP contribution in [-0.2, 0) is 11.2 Å². The summed E-state index contributed by atoms with van der Waals surface area (Å²) in [5, 5.41) is 11.8. The van der Waals surface area contributed by atoms with Crippen molar-refractivity contribution in [3.8, 4) is 0 Å². The van der Waals surface area contributed by atoms with E-state index in [0.29, 0.717) is 0 Å². The first-order valence-electron chi connectivity index (χ1n) is 6.03. The van der Waals surface area contributed by atoms with Crippen LogP contribution in [0.4, 0.5) is 0 Å². The van der Waals surface area contributed by atoms with Gasteiger partial charge < -0.3 is 10.4 Å². The third-order valence-electron chi connectivity index (χ3n) is 2.89. The van der Waals surface area contributed by atoms with E-state index in [1.54, 1.807) is 6.92 Å². The minimum absolute atomic E-state index is 0.211. The van der Waals surface area contributed by atoms with Crippen LogP contribution in [0, 0.1) is 6.92 Å². The zero-order chi connectivity index (χ0) is 12.8. The van der Waals surface area contributed by atoms with Crippen LogP contribution in [0.1, 0.15) is 31.4 Å². The third-order valence-corrected chi connectivity index (χ3v) is 2.89. The van der Waals surface area contributed by atoms with E-state index in [4.69, 9.17) is 5.11 Å². The van der Waals surface area contributed by atoms with Crippen LogP contribution >= 0.6 is 0 Å². The Morgan fingerprint density at radius 2 is 1.88 bits per heavy atom. The van der Waals surface area contributed by atoms with Crippen molar-refractivity contribution < 1.29 is 9.90 Å². The minimum atomic E-state index is -0.799. The van der Waals surface area contributed by atoms with Crippen LogP contribution in [0.15, 0.2) is 24.3 Å². The van der Waals surface area contributed by atoms with E-state index in [2.05, 4.69) is 36.5 Å². The van der Waals surface area contributed by atoms with Crippen molar-refractivity contribution in [2.24, 2.45) is 0 Å². The quantitative estimate of drug-likeness (QED) is 0.796. The molecule has 2 unspecified atom stereocenters. The number of aliphatic carboxylic acids is 1. The van der Waals surface area contributed by atoms with Gasteiger partial charge in [0.25, 0.3) is 0 Å². The summed E-state index contributed by atoms with van der Waals surface area (Å²) in [5.41, 5.74) is 2.56. The van der Waals surface area contributed by atoms with Crippen LogP contribution < -0.4 is 5.32 Å². The van der Waals surface area contributed by atoms with Gasteiger partial charge in [0.05, 0.1) is 0 Å². The van der Waals surface area contributed by atoms with E-state index in [1.165, 1.54) is 11.1 Å². The molecule has 0 aliphatic carbocycles. The number of hydrogen-bond donors (Lipinski definition) is 2. The molecule has 0 amide bonds. The van der Waals surface area contributed by atoms with E-state index < -0.39 is 12.0 Å². The summed E-state index contributed by atoms with van der Waals surface area (Å²) < 4.78 is 0. The number of carboxylic acids is 1. The molecule has 0 aliphatic rings. The molecule has 0 spiro atoms. The molecule has 2 N–H and O–H groups in total. The van der Waals surface area contributed by atoms with Crippen LogP contribution in [-0.4, -0.2) is 23.2 Å². The summed E-state index contributed by atoms with van der Waals surface area (Å²) in [5.74, 6) is -0.799. The highest BCUT2D eigenvalue weighted by molar-refractivity contribution is 5.72. The number of nitrogens with one attached hydrogen (secondary N) is 1. The van der Waals surface area contributed by atoms with Gasteiger partial charge >= 0.3 is 5.97 Å². The van der Waals surface area contributed by atoms with Crippen molar-refractivity contribution in [1.29, 1.82) is 0 Å². The first-order chi connectivity index (χ1) is 7.99. The maximum absolute atomic E-state index is 10.7. The Labute approximate surface area is 103 Å². The predicted molar refractivity (Wildman–Crippen MR) is 69.2 cm³/mol. The molecule has 1 aromatic carbocycles. The Hall–Kier alpha value is -1.35. The number of hydrogen-bond acceptors (Lipinski definition) is 2. The van der Waals surface area contributed by atoms with Gasteiger partial charge in [-0.1, -0.05) is 29.8 Å². The summed E-state index contributed by atoms with van der Waals surface area (Å²) in [4.78, 5) is 10.7. The topological polar surface area (TPSA) is 49.3 Å². The van der Waals surface area contributed by atoms with Crippen molar-refractivity contribution in [3.63, 3.8) is 0 Å². The van der Waals surface area contributed by atoms with Gasteiger partial charge in [0.1, 0.15) is 6.04 Å². The molecule has 94 valence electrons. The van der Waals surface area contributed by atoms with Crippen molar-refractivity contribution in [2.75, 3.05) is 0 Å². The molecule has 3 nitrogen and oxygen atoms in total. The normalized spacial score (nSPS) is 14.3. The van der Waals surface area contributed by atoms with Crippen LogP contribution in [0.3, 0.4) is 0 Å². The summed E-state index contributed by atoms with van der Waals surface area (Å²) in [6.07, 6.45) is 1.92. The maximum atomic E-state index is 10.7. The molecule has 1 aromatic rings. The lowest BCUT2D eigenvalue weighted by atomic mass is 10.0. The van der Waals surface area contributed by atoms with Crippen LogP contribution in [0.2, 0.25) is 0 Å². The van der Waals surface area contributed by atoms with Gasteiger partial charge in [0.2, 0.25) is 0 Å². The van der Waals surface area contributed by atoms with E-state index in [-0.39, 0.29) is 6.04 Å². The maximum Gasteiger partial charge on any atom is 0.320 e. The average Bonchev–Trinajstić information content (AvgIpc) is 2.28. The van der Waals surface area contributed by atoms with Gasteiger partial charge in [-0.15, -0.1) is 0 Å². The number of rotatable bonds is 6. The number of benzene rings is 1. The second kappa shape index (κ2) is 6.40. The fraction of sp³-hybridized carbons (Fsp3) is 0.500. The standard InChI is InChI=1S/C14H21NO2/c1-10-4-7-13(8-5-10)9-6-11(2)15-12(3)14(16)17/h4-5,7-8,11-12,15H,6,9H2,1-3H3,(H,16,17). The first kappa shape index (κ1) is 13.7. The number of aryl methyl sites for hydroxylation is 2. The molecule has 2 atom stereocenters. The smallest absolute Gasteiger partial charge is 0.320 e. The molecule has 0 fully saturated rings. The van der Waals surface area contributed by atoms with Crippen molar-refractivity contribution in [2.45, 2.75) is 45.7 Å². The van der Waals surface area contributed by atoms with Crippen molar-refractivity contribution in [1.82, 2.24) is 5.32 Å². The zero-order valence-electron chi connectivity index (χ0n) is 10.7. The average molecular weight is 235 g/mol. The second-order valence-electron chi connectivity index (χ2n) is 4.65. The van der Waals surface area contributed by atoms with E-state index in [9.17, 15) is 4.79 Å². The monoisotopic (exact) mass is 235 g/mol. The van der Waals surface area contributed by atoms with Crippen LogP contribution in [0.5, 0.6) is 0 Å². The van der Waals surface area contributed by atoms with E-state index in [1.807, 2.05) is 6.92 Å². The predicted octanol–water partition coefficient (Wildman–Crippen LogP) is 2.38. The molecular weight excluding hydrogens is 214 g/mol. The number of carboxylic acid groups (broad SMARTS) is 1. The molecule has 0 heterocycles. The highest BCUT2D eigenvalue weighted by atomic mass is 16.4. The Morgan fingerprint density at radius 3 is 2.41 bits per heavy atom. The van der Waals surface area contributed by atoms with Gasteiger partial charge in [-0.25, -0.2) is 0 Å². The molecule has 0 bridgehead atoms. The molecule has 0 saturated carbocycles. The summed E-state index contributed by atoms with van der Waals surface area (Å²) in [6, 6.07) is 8.19. The lowest BCUT2D eigenvalue weighted by molar-refractivity contribution is -0.139. The summed E-state index contributed by atoms with van der Waals surface area (Å²) in [6.45, 7) is 5.76. The first-order valence-corrected chi connectivity index (χ1v) is 6.03. The van der Waals surface area contributed by atoms with Gasteiger partial charge in [0, 0.05) is 6.04 Å². The van der Waals surface area contributed by atoms with E-state index >= 15 is 0 Å².